The molecule has 1 aliphatic rings. The average Bonchev–Trinajstić information content (AvgIpc) is 2.15. The number of rotatable bonds is 1. The monoisotopic (exact) mass is 279 g/mol. The summed E-state index contributed by atoms with van der Waals surface area (Å²) in [5.74, 6) is -6.94. The smallest absolute Gasteiger partial charge is 0.430 e. The van der Waals surface area contributed by atoms with E-state index in [1.807, 2.05) is 0 Å². The fraction of sp³-hybridized carbons (Fsp3) is 0.750. The Kier molecular flexibility index (Phi) is 5.46. The minimum Gasteiger partial charge on any atom is -0.542 e. The van der Waals surface area contributed by atoms with E-state index < -0.39 is 36.5 Å². The molecule has 0 bridgehead atoms. The maximum atomic E-state index is 12.5. The first-order valence-corrected chi connectivity index (χ1v) is 4.68. The van der Waals surface area contributed by atoms with Gasteiger partial charge in [0.2, 0.25) is 0 Å². The molecule has 1 aliphatic heterocycles. The Morgan fingerprint density at radius 3 is 2.00 bits per heavy atom. The van der Waals surface area contributed by atoms with E-state index >= 15 is 0 Å². The lowest BCUT2D eigenvalue weighted by atomic mass is 10.0. The van der Waals surface area contributed by atoms with E-state index in [1.165, 1.54) is 5.32 Å². The molecule has 1 saturated heterocycles. The molecule has 10 heteroatoms. The second-order valence-corrected chi connectivity index (χ2v) is 3.56. The van der Waals surface area contributed by atoms with E-state index in [4.69, 9.17) is 15.0 Å². The molecule has 1 heterocycles. The van der Waals surface area contributed by atoms with Crippen molar-refractivity contribution in [3.8, 4) is 0 Å². The number of hydrogen-bond acceptors (Lipinski definition) is 3. The molecule has 1 fully saturated rings. The first-order chi connectivity index (χ1) is 7.96. The van der Waals surface area contributed by atoms with Gasteiger partial charge in [0.25, 0.3) is 5.92 Å². The number of hydrogen-bond donors (Lipinski definition) is 2. The van der Waals surface area contributed by atoms with Crippen LogP contribution in [0.1, 0.15) is 12.8 Å². The highest BCUT2D eigenvalue weighted by molar-refractivity contribution is 5.71. The van der Waals surface area contributed by atoms with Crippen molar-refractivity contribution in [3.05, 3.63) is 0 Å². The second kappa shape index (κ2) is 5.94. The number of nitrogens with two attached hydrogens (primary N) is 1. The van der Waals surface area contributed by atoms with Crippen LogP contribution >= 0.6 is 0 Å². The first-order valence-electron chi connectivity index (χ1n) is 4.68. The number of carbonyl (C=O) groups is 2. The number of alkyl halides is 5. The van der Waals surface area contributed by atoms with Crippen LogP contribution in [0.15, 0.2) is 0 Å². The number of quaternary nitrogens is 1. The molecule has 5 nitrogen and oxygen atoms in total. The van der Waals surface area contributed by atoms with Crippen LogP contribution < -0.4 is 10.4 Å². The molecule has 0 aromatic rings. The van der Waals surface area contributed by atoms with Crippen molar-refractivity contribution < 1.29 is 47.1 Å². The lowest BCUT2D eigenvalue weighted by Gasteiger charge is -2.24. The van der Waals surface area contributed by atoms with Gasteiger partial charge in [0, 0.05) is 0 Å². The number of carbonyl (C=O) groups excluding carboxylic acids is 1. The van der Waals surface area contributed by atoms with E-state index in [-0.39, 0.29) is 13.0 Å². The van der Waals surface area contributed by atoms with Crippen LogP contribution in [0.2, 0.25) is 0 Å². The lowest BCUT2D eigenvalue weighted by molar-refractivity contribution is -0.693. The number of aliphatic carboxylic acids is 2. The average molecular weight is 279 g/mol. The minimum atomic E-state index is -5.19. The van der Waals surface area contributed by atoms with E-state index in [0.29, 0.717) is 0 Å². The molecule has 3 N–H and O–H groups in total. The molecule has 0 aliphatic carbocycles. The third-order valence-electron chi connectivity index (χ3n) is 2.03. The third kappa shape index (κ3) is 6.33. The predicted octanol–water partition coefficient (Wildman–Crippen LogP) is -1.27. The quantitative estimate of drug-likeness (QED) is 0.585. The van der Waals surface area contributed by atoms with Gasteiger partial charge in [-0.25, -0.2) is 13.6 Å². The molecule has 106 valence electrons. The van der Waals surface area contributed by atoms with Gasteiger partial charge in [-0.3, -0.25) is 0 Å². The maximum absolute atomic E-state index is 12.5. The Hall–Kier alpha value is -1.45. The van der Waals surface area contributed by atoms with Crippen molar-refractivity contribution in [2.45, 2.75) is 31.0 Å². The van der Waals surface area contributed by atoms with Crippen molar-refractivity contribution in [1.29, 1.82) is 0 Å². The Morgan fingerprint density at radius 2 is 1.78 bits per heavy atom. The molecular formula is C8H10F5NO4. The van der Waals surface area contributed by atoms with E-state index in [2.05, 4.69) is 0 Å². The number of carboxylic acids is 2. The normalized spacial score (nSPS) is 22.6. The molecule has 1 atom stereocenters. The minimum absolute atomic E-state index is 0.198. The van der Waals surface area contributed by atoms with Crippen LogP contribution in [-0.4, -0.2) is 41.7 Å². The van der Waals surface area contributed by atoms with Gasteiger partial charge in [-0.2, -0.15) is 13.2 Å². The summed E-state index contributed by atoms with van der Waals surface area (Å²) in [6.45, 7) is 0.198. The Bertz CT molecular complexity index is 317. The van der Waals surface area contributed by atoms with Crippen LogP contribution in [0.25, 0.3) is 0 Å². The van der Waals surface area contributed by atoms with E-state index in [1.54, 1.807) is 0 Å². The first kappa shape index (κ1) is 16.6. The van der Waals surface area contributed by atoms with Crippen molar-refractivity contribution in [1.82, 2.24) is 0 Å². The van der Waals surface area contributed by atoms with Crippen LogP contribution in [0.5, 0.6) is 0 Å². The zero-order valence-corrected chi connectivity index (χ0v) is 8.84. The highest BCUT2D eigenvalue weighted by Crippen LogP contribution is 2.24. The molecular weight excluding hydrogens is 269 g/mol. The molecule has 0 radical (unpaired) electrons. The molecule has 0 spiro atoms. The number of piperidine rings is 1. The molecule has 18 heavy (non-hydrogen) atoms. The zero-order chi connectivity index (χ0) is 14.6. The lowest BCUT2D eigenvalue weighted by Crippen LogP contribution is -2.94. The maximum Gasteiger partial charge on any atom is 0.430 e. The fourth-order valence-electron chi connectivity index (χ4n) is 1.19. The SMILES string of the molecule is O=C(O)C1CC(F)(F)CC[NH2+]1.O=C([O-])C(F)(F)F. The van der Waals surface area contributed by atoms with E-state index in [9.17, 15) is 26.7 Å². The van der Waals surface area contributed by atoms with Gasteiger partial charge in [-0.15, -0.1) is 0 Å². The number of halogens is 5. The van der Waals surface area contributed by atoms with Gasteiger partial charge in [0.15, 0.2) is 6.04 Å². The summed E-state index contributed by atoms with van der Waals surface area (Å²) < 4.78 is 56.6. The molecule has 0 saturated carbocycles. The Balaban J connectivity index is 0.000000360. The number of carboxylic acid groups (broad SMARTS) is 2. The summed E-state index contributed by atoms with van der Waals surface area (Å²) in [6, 6.07) is -0.959. The standard InChI is InChI=1S/C6H9F2NO2.C2HF3O2/c7-6(8)1-2-9-4(3-6)5(10)11;3-2(4,5)1(6)7/h4,9H,1-3H2,(H,10,11);(H,6,7). The summed E-state index contributed by atoms with van der Waals surface area (Å²) in [4.78, 5) is 19.1. The summed E-state index contributed by atoms with van der Waals surface area (Å²) in [6.07, 6.45) is -5.95. The Morgan fingerprint density at radius 1 is 1.33 bits per heavy atom. The van der Waals surface area contributed by atoms with Gasteiger partial charge in [0.05, 0.1) is 19.4 Å². The van der Waals surface area contributed by atoms with Crippen molar-refractivity contribution in [3.63, 3.8) is 0 Å². The van der Waals surface area contributed by atoms with Crippen molar-refractivity contribution in [2.75, 3.05) is 6.54 Å². The zero-order valence-electron chi connectivity index (χ0n) is 8.84. The van der Waals surface area contributed by atoms with Crippen LogP contribution in [0.4, 0.5) is 22.0 Å². The largest absolute Gasteiger partial charge is 0.542 e. The molecule has 0 aromatic heterocycles. The molecule has 1 rings (SSSR count). The molecule has 1 unspecified atom stereocenters. The highest BCUT2D eigenvalue weighted by Gasteiger charge is 2.42. The van der Waals surface area contributed by atoms with Crippen LogP contribution in [0, 0.1) is 0 Å². The summed E-state index contributed by atoms with van der Waals surface area (Å²) >= 11 is 0. The van der Waals surface area contributed by atoms with E-state index in [0.717, 1.165) is 0 Å². The van der Waals surface area contributed by atoms with Gasteiger partial charge in [0.1, 0.15) is 5.97 Å². The van der Waals surface area contributed by atoms with Gasteiger partial charge >= 0.3 is 12.1 Å². The molecule has 0 amide bonds. The van der Waals surface area contributed by atoms with Crippen molar-refractivity contribution >= 4 is 11.9 Å². The second-order valence-electron chi connectivity index (χ2n) is 3.56. The third-order valence-corrected chi connectivity index (χ3v) is 2.03. The fourth-order valence-corrected chi connectivity index (χ4v) is 1.19. The van der Waals surface area contributed by atoms with Gasteiger partial charge < -0.3 is 20.3 Å². The van der Waals surface area contributed by atoms with Crippen molar-refractivity contribution in [2.24, 2.45) is 0 Å². The summed E-state index contributed by atoms with van der Waals surface area (Å²) in [5.41, 5.74) is 0. The topological polar surface area (TPSA) is 94.0 Å². The predicted molar refractivity (Wildman–Crippen MR) is 43.5 cm³/mol. The summed E-state index contributed by atoms with van der Waals surface area (Å²) in [5, 5.41) is 18.6. The molecule has 0 aromatic carbocycles. The highest BCUT2D eigenvalue weighted by atomic mass is 19.4. The van der Waals surface area contributed by atoms with Gasteiger partial charge in [-0.05, 0) is 0 Å². The van der Waals surface area contributed by atoms with Crippen LogP contribution in [0.3, 0.4) is 0 Å². The Labute approximate surface area is 97.6 Å². The van der Waals surface area contributed by atoms with Crippen LogP contribution in [-0.2, 0) is 9.59 Å². The van der Waals surface area contributed by atoms with Gasteiger partial charge in [-0.1, -0.05) is 0 Å². The summed E-state index contributed by atoms with van der Waals surface area (Å²) in [7, 11) is 0.